The number of anilines is 1. The fourth-order valence-electron chi connectivity index (χ4n) is 3.16. The summed E-state index contributed by atoms with van der Waals surface area (Å²) in [6.45, 7) is 4.70. The minimum Gasteiger partial charge on any atom is -0.394 e. The summed E-state index contributed by atoms with van der Waals surface area (Å²) in [7, 11) is 3.95. The lowest BCUT2D eigenvalue weighted by molar-refractivity contribution is -0.114. The van der Waals surface area contributed by atoms with E-state index in [2.05, 4.69) is 31.9 Å². The number of likely N-dealkylation sites (tertiary alicyclic amines) is 1. The summed E-state index contributed by atoms with van der Waals surface area (Å²) in [5, 5.41) is 9.88. The monoisotopic (exact) mass is 351 g/mol. The van der Waals surface area contributed by atoms with Gasteiger partial charge < -0.3 is 16.0 Å². The van der Waals surface area contributed by atoms with Crippen molar-refractivity contribution in [2.45, 2.75) is 38.8 Å². The van der Waals surface area contributed by atoms with Crippen molar-refractivity contribution in [2.24, 2.45) is 5.92 Å². The number of hydrogen-bond donors (Lipinski definition) is 3. The van der Waals surface area contributed by atoms with E-state index in [1.165, 1.54) is 24.6 Å². The largest absolute Gasteiger partial charge is 0.394 e. The lowest BCUT2D eigenvalue weighted by Crippen LogP contribution is -2.37. The summed E-state index contributed by atoms with van der Waals surface area (Å²) in [5.74, 6) is 0.641. The van der Waals surface area contributed by atoms with Crippen LogP contribution in [0.3, 0.4) is 0 Å². The van der Waals surface area contributed by atoms with Crippen LogP contribution in [0.15, 0.2) is 18.5 Å². The Kier molecular flexibility index (Phi) is 7.68. The lowest BCUT2D eigenvalue weighted by atomic mass is 9.91. The maximum atomic E-state index is 11.1. The third-order valence-corrected chi connectivity index (χ3v) is 5.17. The van der Waals surface area contributed by atoms with Crippen molar-refractivity contribution in [1.29, 1.82) is 0 Å². The van der Waals surface area contributed by atoms with E-state index in [4.69, 9.17) is 0 Å². The van der Waals surface area contributed by atoms with Gasteiger partial charge in [-0.25, -0.2) is 4.98 Å². The van der Waals surface area contributed by atoms with E-state index in [1.807, 2.05) is 26.5 Å². The highest BCUT2D eigenvalue weighted by Gasteiger charge is 2.22. The SMILES string of the molecule is CN/C=C\C(CC1CCCN(Cc2cnc(NC(C)=O)s2)C1)NC. The average Bonchev–Trinajstić information content (AvgIpc) is 2.98. The van der Waals surface area contributed by atoms with E-state index >= 15 is 0 Å². The topological polar surface area (TPSA) is 69.3 Å². The second kappa shape index (κ2) is 9.76. The smallest absolute Gasteiger partial charge is 0.223 e. The van der Waals surface area contributed by atoms with Gasteiger partial charge in [-0.05, 0) is 45.0 Å². The Hall–Kier alpha value is -1.44. The Morgan fingerprint density at radius 2 is 2.38 bits per heavy atom. The Balaban J connectivity index is 1.85. The number of carbonyl (C=O) groups excluding carboxylic acids is 1. The molecule has 0 radical (unpaired) electrons. The van der Waals surface area contributed by atoms with Crippen LogP contribution in [0.5, 0.6) is 0 Å². The van der Waals surface area contributed by atoms with Crippen LogP contribution in [0, 0.1) is 5.92 Å². The highest BCUT2D eigenvalue weighted by atomic mass is 32.1. The zero-order chi connectivity index (χ0) is 17.4. The standard InChI is InChI=1S/C17H29N5OS/c1-13(23)21-17-20-10-16(24-17)12-22-8-4-5-14(11-22)9-15(19-3)6-7-18-2/h6-7,10,14-15,18-19H,4-5,8-9,11-12H2,1-3H3,(H,20,21,23)/b7-6-. The number of amides is 1. The molecule has 2 unspecified atom stereocenters. The first-order chi connectivity index (χ1) is 11.6. The predicted molar refractivity (Wildman–Crippen MR) is 100 cm³/mol. The Labute approximate surface area is 148 Å². The molecule has 0 aliphatic carbocycles. The van der Waals surface area contributed by atoms with Gasteiger partial charge in [0.2, 0.25) is 5.91 Å². The highest BCUT2D eigenvalue weighted by molar-refractivity contribution is 7.15. The van der Waals surface area contributed by atoms with Crippen molar-refractivity contribution < 1.29 is 4.79 Å². The second-order valence-electron chi connectivity index (χ2n) is 6.33. The van der Waals surface area contributed by atoms with Gasteiger partial charge in [-0.3, -0.25) is 9.69 Å². The number of nitrogens with one attached hydrogen (secondary N) is 3. The summed E-state index contributed by atoms with van der Waals surface area (Å²) >= 11 is 1.57. The van der Waals surface area contributed by atoms with Gasteiger partial charge in [0.25, 0.3) is 0 Å². The fourth-order valence-corrected chi connectivity index (χ4v) is 4.06. The molecule has 1 aromatic rings. The molecule has 7 heteroatoms. The first kappa shape index (κ1) is 18.9. The number of nitrogens with zero attached hydrogens (tertiary/aromatic N) is 2. The van der Waals surface area contributed by atoms with Crippen LogP contribution in [0.25, 0.3) is 0 Å². The predicted octanol–water partition coefficient (Wildman–Crippen LogP) is 2.02. The van der Waals surface area contributed by atoms with E-state index in [0.717, 1.165) is 26.1 Å². The second-order valence-corrected chi connectivity index (χ2v) is 7.45. The zero-order valence-corrected chi connectivity index (χ0v) is 15.7. The van der Waals surface area contributed by atoms with Gasteiger partial charge in [0, 0.05) is 44.2 Å². The van der Waals surface area contributed by atoms with Crippen LogP contribution in [-0.4, -0.2) is 49.0 Å². The van der Waals surface area contributed by atoms with Gasteiger partial charge in [-0.1, -0.05) is 6.08 Å². The van der Waals surface area contributed by atoms with Crippen LogP contribution in [0.1, 0.15) is 31.1 Å². The molecule has 3 N–H and O–H groups in total. The maximum Gasteiger partial charge on any atom is 0.223 e. The molecule has 1 amide bonds. The third-order valence-electron chi connectivity index (χ3n) is 4.27. The third kappa shape index (κ3) is 6.22. The summed E-state index contributed by atoms with van der Waals surface area (Å²) in [5.41, 5.74) is 0. The van der Waals surface area contributed by atoms with Gasteiger partial charge >= 0.3 is 0 Å². The molecule has 6 nitrogen and oxygen atoms in total. The molecule has 1 saturated heterocycles. The van der Waals surface area contributed by atoms with E-state index in [-0.39, 0.29) is 5.91 Å². The molecule has 1 aliphatic heterocycles. The molecule has 134 valence electrons. The first-order valence-electron chi connectivity index (χ1n) is 8.56. The quantitative estimate of drug-likeness (QED) is 0.669. The molecule has 0 saturated carbocycles. The normalized spacial score (nSPS) is 20.2. The molecule has 2 rings (SSSR count). The van der Waals surface area contributed by atoms with Crippen molar-refractivity contribution in [3.05, 3.63) is 23.3 Å². The van der Waals surface area contributed by atoms with Gasteiger partial charge in [0.05, 0.1) is 0 Å². The van der Waals surface area contributed by atoms with Crippen molar-refractivity contribution in [3.8, 4) is 0 Å². The molecule has 0 bridgehead atoms. The van der Waals surface area contributed by atoms with Crippen LogP contribution in [0.2, 0.25) is 0 Å². The number of carbonyl (C=O) groups is 1. The minimum absolute atomic E-state index is 0.0679. The molecule has 2 atom stereocenters. The zero-order valence-electron chi connectivity index (χ0n) is 14.8. The molecular formula is C17H29N5OS. The molecule has 24 heavy (non-hydrogen) atoms. The highest BCUT2D eigenvalue weighted by Crippen LogP contribution is 2.25. The number of thiazole rings is 1. The van der Waals surface area contributed by atoms with E-state index in [9.17, 15) is 4.79 Å². The summed E-state index contributed by atoms with van der Waals surface area (Å²) in [6.07, 6.45) is 9.78. The van der Waals surface area contributed by atoms with Crippen molar-refractivity contribution in [2.75, 3.05) is 32.5 Å². The Morgan fingerprint density at radius 3 is 3.08 bits per heavy atom. The molecule has 1 fully saturated rings. The summed E-state index contributed by atoms with van der Waals surface area (Å²) < 4.78 is 0. The van der Waals surface area contributed by atoms with Crippen LogP contribution < -0.4 is 16.0 Å². The Morgan fingerprint density at radius 1 is 1.54 bits per heavy atom. The molecule has 0 aromatic carbocycles. The van der Waals surface area contributed by atoms with Gasteiger partial charge in [-0.15, -0.1) is 11.3 Å². The van der Waals surface area contributed by atoms with Crippen LogP contribution >= 0.6 is 11.3 Å². The molecule has 1 aromatic heterocycles. The average molecular weight is 352 g/mol. The Bertz CT molecular complexity index is 545. The maximum absolute atomic E-state index is 11.1. The van der Waals surface area contributed by atoms with Crippen molar-refractivity contribution in [3.63, 3.8) is 0 Å². The minimum atomic E-state index is -0.0679. The lowest BCUT2D eigenvalue weighted by Gasteiger charge is -2.33. The van der Waals surface area contributed by atoms with E-state index < -0.39 is 0 Å². The van der Waals surface area contributed by atoms with Crippen molar-refractivity contribution in [1.82, 2.24) is 20.5 Å². The molecular weight excluding hydrogens is 322 g/mol. The number of piperidine rings is 1. The first-order valence-corrected chi connectivity index (χ1v) is 9.38. The number of rotatable bonds is 8. The molecule has 1 aliphatic rings. The van der Waals surface area contributed by atoms with Gasteiger partial charge in [0.15, 0.2) is 5.13 Å². The van der Waals surface area contributed by atoms with Crippen LogP contribution in [-0.2, 0) is 11.3 Å². The number of likely N-dealkylation sites (N-methyl/N-ethyl adjacent to an activating group) is 1. The fraction of sp³-hybridized carbons (Fsp3) is 0.647. The summed E-state index contributed by atoms with van der Waals surface area (Å²) in [4.78, 5) is 19.1. The van der Waals surface area contributed by atoms with Gasteiger partial charge in [0.1, 0.15) is 0 Å². The van der Waals surface area contributed by atoms with Crippen LogP contribution in [0.4, 0.5) is 5.13 Å². The number of hydrogen-bond acceptors (Lipinski definition) is 6. The van der Waals surface area contributed by atoms with E-state index in [1.54, 1.807) is 11.3 Å². The molecule has 2 heterocycles. The van der Waals surface area contributed by atoms with Crippen molar-refractivity contribution >= 4 is 22.4 Å². The number of aromatic nitrogens is 1. The van der Waals surface area contributed by atoms with Gasteiger partial charge in [-0.2, -0.15) is 0 Å². The summed E-state index contributed by atoms with van der Waals surface area (Å²) in [6, 6.07) is 0.414. The van der Waals surface area contributed by atoms with E-state index in [0.29, 0.717) is 17.1 Å². The molecule has 0 spiro atoms.